The summed E-state index contributed by atoms with van der Waals surface area (Å²) >= 11 is 0. The smallest absolute Gasteiger partial charge is 0.330 e. The number of nitrogen functional groups attached to an aromatic ring is 1. The summed E-state index contributed by atoms with van der Waals surface area (Å²) in [5, 5.41) is 0. The van der Waals surface area contributed by atoms with Crippen LogP contribution in [-0.2, 0) is 16.1 Å². The van der Waals surface area contributed by atoms with Crippen molar-refractivity contribution in [3.05, 3.63) is 56.7 Å². The highest BCUT2D eigenvalue weighted by molar-refractivity contribution is 5.95. The second kappa shape index (κ2) is 9.73. The number of nitrogens with one attached hydrogen (secondary N) is 1. The molecular weight excluding hydrogens is 408 g/mol. The van der Waals surface area contributed by atoms with Crippen LogP contribution in [0.25, 0.3) is 0 Å². The summed E-state index contributed by atoms with van der Waals surface area (Å²) in [4.78, 5) is 42.6. The largest absolute Gasteiger partial charge is 0.385 e. The first-order valence-electron chi connectivity index (χ1n) is 11.4. The van der Waals surface area contributed by atoms with E-state index >= 15 is 0 Å². The molecule has 32 heavy (non-hydrogen) atoms. The number of aromatic nitrogens is 2. The van der Waals surface area contributed by atoms with Crippen molar-refractivity contribution in [3.8, 4) is 0 Å². The normalized spacial score (nSPS) is 21.7. The van der Waals surface area contributed by atoms with Gasteiger partial charge >= 0.3 is 5.69 Å². The Morgan fingerprint density at radius 1 is 1.22 bits per heavy atom. The number of rotatable bonds is 9. The molecule has 2 aliphatic rings. The molecule has 3 N–H and O–H groups in total. The molecule has 2 aromatic rings. The zero-order chi connectivity index (χ0) is 22.7. The van der Waals surface area contributed by atoms with E-state index in [1.54, 1.807) is 7.11 Å². The Morgan fingerprint density at radius 2 is 2.00 bits per heavy atom. The Morgan fingerprint density at radius 3 is 2.66 bits per heavy atom. The molecule has 2 aliphatic carbocycles. The summed E-state index contributed by atoms with van der Waals surface area (Å²) in [5.41, 5.74) is 6.08. The number of nitrogens with zero attached hydrogens (tertiary/aromatic N) is 2. The van der Waals surface area contributed by atoms with Gasteiger partial charge in [0.15, 0.2) is 5.69 Å². The summed E-state index contributed by atoms with van der Waals surface area (Å²) < 4.78 is 6.47. The molecule has 1 amide bonds. The SMILES string of the molecule is COCCCN(C(=O)C[C@H]1C[C@H]2CC[C@H]1C2)c1c(N)n(Cc2ccccc2)c(=O)[nH]c1=O. The molecule has 1 aromatic carbocycles. The molecule has 8 heteroatoms. The van der Waals surface area contributed by atoms with Crippen molar-refractivity contribution in [1.29, 1.82) is 0 Å². The Kier molecular flexibility index (Phi) is 6.79. The molecule has 1 heterocycles. The predicted molar refractivity (Wildman–Crippen MR) is 124 cm³/mol. The van der Waals surface area contributed by atoms with Crippen LogP contribution < -0.4 is 21.9 Å². The van der Waals surface area contributed by atoms with Gasteiger partial charge in [0.05, 0.1) is 6.54 Å². The van der Waals surface area contributed by atoms with Crippen molar-refractivity contribution in [2.24, 2.45) is 17.8 Å². The Labute approximate surface area is 187 Å². The van der Waals surface area contributed by atoms with Crippen LogP contribution in [-0.4, -0.2) is 35.7 Å². The fourth-order valence-electron chi connectivity index (χ4n) is 5.45. The van der Waals surface area contributed by atoms with Gasteiger partial charge in [-0.3, -0.25) is 19.1 Å². The van der Waals surface area contributed by atoms with Crippen LogP contribution in [0, 0.1) is 17.8 Å². The molecule has 0 aliphatic heterocycles. The standard InChI is InChI=1S/C24H32N4O4/c1-32-11-5-10-27(20(29)14-19-13-17-8-9-18(19)12-17)21-22(25)28(24(31)26-23(21)30)15-16-6-3-2-4-7-16/h2-4,6-7,17-19H,5,8-15,25H2,1H3,(H,26,30,31)/t17-,18-,19+/m0/s1. The lowest BCUT2D eigenvalue weighted by Crippen LogP contribution is -2.42. The molecule has 3 atom stereocenters. The third-order valence-electron chi connectivity index (χ3n) is 7.02. The van der Waals surface area contributed by atoms with Crippen molar-refractivity contribution < 1.29 is 9.53 Å². The van der Waals surface area contributed by atoms with E-state index in [-0.39, 0.29) is 24.0 Å². The number of methoxy groups -OCH3 is 1. The zero-order valence-electron chi connectivity index (χ0n) is 18.6. The lowest BCUT2D eigenvalue weighted by molar-refractivity contribution is -0.120. The number of fused-ring (bicyclic) bond motifs is 2. The Hall–Kier alpha value is -2.87. The van der Waals surface area contributed by atoms with E-state index in [1.807, 2.05) is 30.3 Å². The van der Waals surface area contributed by atoms with Crippen molar-refractivity contribution in [2.75, 3.05) is 30.9 Å². The lowest BCUT2D eigenvalue weighted by Gasteiger charge is -2.28. The average Bonchev–Trinajstić information content (AvgIpc) is 3.39. The van der Waals surface area contributed by atoms with Gasteiger partial charge in [0.2, 0.25) is 5.91 Å². The van der Waals surface area contributed by atoms with Crippen LogP contribution in [0.2, 0.25) is 0 Å². The number of amides is 1. The van der Waals surface area contributed by atoms with Crippen LogP contribution in [0.1, 0.15) is 44.1 Å². The molecule has 2 bridgehead atoms. The Bertz CT molecular complexity index is 1060. The monoisotopic (exact) mass is 440 g/mol. The number of carbonyl (C=O) groups is 1. The predicted octanol–water partition coefficient (Wildman–Crippen LogP) is 2.36. The van der Waals surface area contributed by atoms with Gasteiger partial charge < -0.3 is 15.4 Å². The summed E-state index contributed by atoms with van der Waals surface area (Å²) in [6.45, 7) is 0.978. The number of nitrogens with two attached hydrogens (primary N) is 1. The molecule has 0 spiro atoms. The third-order valence-corrected chi connectivity index (χ3v) is 7.02. The minimum Gasteiger partial charge on any atom is -0.385 e. The van der Waals surface area contributed by atoms with Gasteiger partial charge in [0.1, 0.15) is 5.82 Å². The quantitative estimate of drug-likeness (QED) is 0.582. The first-order chi connectivity index (χ1) is 15.5. The number of H-pyrrole nitrogens is 1. The van der Waals surface area contributed by atoms with Crippen molar-refractivity contribution >= 4 is 17.4 Å². The second-order valence-electron chi connectivity index (χ2n) is 9.10. The maximum Gasteiger partial charge on any atom is 0.330 e. The first kappa shape index (κ1) is 22.3. The molecule has 2 saturated carbocycles. The maximum atomic E-state index is 13.4. The van der Waals surface area contributed by atoms with E-state index in [9.17, 15) is 14.4 Å². The number of hydrogen-bond donors (Lipinski definition) is 2. The highest BCUT2D eigenvalue weighted by Crippen LogP contribution is 2.49. The zero-order valence-corrected chi connectivity index (χ0v) is 18.6. The van der Waals surface area contributed by atoms with E-state index in [2.05, 4.69) is 4.98 Å². The molecule has 0 saturated heterocycles. The van der Waals surface area contributed by atoms with Gasteiger partial charge in [0, 0.05) is 26.7 Å². The minimum absolute atomic E-state index is 0.0151. The van der Waals surface area contributed by atoms with Gasteiger partial charge in [-0.25, -0.2) is 4.79 Å². The summed E-state index contributed by atoms with van der Waals surface area (Å²) in [6, 6.07) is 9.40. The van der Waals surface area contributed by atoms with Gasteiger partial charge in [0.25, 0.3) is 5.56 Å². The second-order valence-corrected chi connectivity index (χ2v) is 9.10. The van der Waals surface area contributed by atoms with E-state index in [0.717, 1.165) is 17.9 Å². The van der Waals surface area contributed by atoms with Gasteiger partial charge in [-0.1, -0.05) is 36.8 Å². The summed E-state index contributed by atoms with van der Waals surface area (Å²) in [5.74, 6) is 1.61. The minimum atomic E-state index is -0.629. The van der Waals surface area contributed by atoms with Crippen LogP contribution >= 0.6 is 0 Å². The van der Waals surface area contributed by atoms with Crippen LogP contribution in [0.4, 0.5) is 11.5 Å². The fraction of sp³-hybridized carbons (Fsp3) is 0.542. The van der Waals surface area contributed by atoms with Gasteiger partial charge in [-0.2, -0.15) is 0 Å². The van der Waals surface area contributed by atoms with Crippen molar-refractivity contribution in [2.45, 2.75) is 45.1 Å². The third kappa shape index (κ3) is 4.65. The number of carbonyl (C=O) groups excluding carboxylic acids is 1. The number of benzene rings is 1. The molecule has 0 unspecified atom stereocenters. The van der Waals surface area contributed by atoms with E-state index < -0.39 is 11.2 Å². The Balaban J connectivity index is 1.64. The van der Waals surface area contributed by atoms with Crippen molar-refractivity contribution in [3.63, 3.8) is 0 Å². The van der Waals surface area contributed by atoms with Gasteiger partial charge in [-0.05, 0) is 49.0 Å². The molecule has 0 radical (unpaired) electrons. The van der Waals surface area contributed by atoms with Crippen LogP contribution in [0.15, 0.2) is 39.9 Å². The van der Waals surface area contributed by atoms with Crippen molar-refractivity contribution in [1.82, 2.24) is 9.55 Å². The number of hydrogen-bond acceptors (Lipinski definition) is 5. The summed E-state index contributed by atoms with van der Waals surface area (Å²) in [7, 11) is 1.60. The lowest BCUT2D eigenvalue weighted by atomic mass is 9.86. The van der Waals surface area contributed by atoms with E-state index in [4.69, 9.17) is 10.5 Å². The van der Waals surface area contributed by atoms with Crippen LogP contribution in [0.5, 0.6) is 0 Å². The highest BCUT2D eigenvalue weighted by Gasteiger charge is 2.41. The number of anilines is 2. The molecule has 1 aromatic heterocycles. The maximum absolute atomic E-state index is 13.4. The van der Waals surface area contributed by atoms with Crippen LogP contribution in [0.3, 0.4) is 0 Å². The van der Waals surface area contributed by atoms with E-state index in [0.29, 0.717) is 37.8 Å². The van der Waals surface area contributed by atoms with E-state index in [1.165, 1.54) is 28.7 Å². The fourth-order valence-corrected chi connectivity index (χ4v) is 5.45. The molecule has 2 fully saturated rings. The molecule has 8 nitrogen and oxygen atoms in total. The summed E-state index contributed by atoms with van der Waals surface area (Å²) in [6.07, 6.45) is 5.73. The average molecular weight is 441 g/mol. The molecule has 4 rings (SSSR count). The number of aromatic amines is 1. The molecular formula is C24H32N4O4. The number of ether oxygens (including phenoxy) is 1. The molecule has 172 valence electrons. The highest BCUT2D eigenvalue weighted by atomic mass is 16.5. The first-order valence-corrected chi connectivity index (χ1v) is 11.4. The van der Waals surface area contributed by atoms with Gasteiger partial charge in [-0.15, -0.1) is 0 Å². The topological polar surface area (TPSA) is 110 Å².